The van der Waals surface area contributed by atoms with Crippen LogP contribution in [0.2, 0.25) is 0 Å². The summed E-state index contributed by atoms with van der Waals surface area (Å²) < 4.78 is 0. The molecule has 0 N–H and O–H groups in total. The van der Waals surface area contributed by atoms with E-state index in [0.717, 1.165) is 25.2 Å². The van der Waals surface area contributed by atoms with Crippen LogP contribution >= 0.6 is 0 Å². The van der Waals surface area contributed by atoms with Gasteiger partial charge in [0.15, 0.2) is 0 Å². The van der Waals surface area contributed by atoms with Crippen molar-refractivity contribution in [1.29, 1.82) is 0 Å². The van der Waals surface area contributed by atoms with Crippen LogP contribution in [0.25, 0.3) is 5.57 Å². The fourth-order valence-corrected chi connectivity index (χ4v) is 5.36. The van der Waals surface area contributed by atoms with Crippen LogP contribution in [0, 0.1) is 6.92 Å². The lowest BCUT2D eigenvalue weighted by Crippen LogP contribution is -2.30. The maximum atomic E-state index is 5.10. The molecular weight excluding hydrogens is 438 g/mol. The molecule has 0 radical (unpaired) electrons. The first-order chi connectivity index (χ1) is 17.2. The molecule has 0 amide bonds. The number of hydrogen-bond acceptors (Lipinski definition) is 3. The highest BCUT2D eigenvalue weighted by molar-refractivity contribution is 5.85. The quantitative estimate of drug-likeness (QED) is 0.395. The lowest BCUT2D eigenvalue weighted by molar-refractivity contribution is 0.378. The maximum absolute atomic E-state index is 5.10. The van der Waals surface area contributed by atoms with Crippen molar-refractivity contribution < 1.29 is 0 Å². The van der Waals surface area contributed by atoms with E-state index in [1.165, 1.54) is 58.5 Å². The lowest BCUT2D eigenvalue weighted by Gasteiger charge is -2.33. The molecule has 2 aliphatic rings. The van der Waals surface area contributed by atoms with Crippen molar-refractivity contribution in [1.82, 2.24) is 9.88 Å². The first-order valence-corrected chi connectivity index (χ1v) is 13.6. The predicted molar refractivity (Wildman–Crippen MR) is 155 cm³/mol. The second-order valence-electron chi connectivity index (χ2n) is 11.0. The molecule has 1 aromatic carbocycles. The molecule has 2 aliphatic heterocycles. The van der Waals surface area contributed by atoms with E-state index < -0.39 is 0 Å². The SMILES string of the molecule is C=C1C=C(/C(=C/C)c2cc(N3CCCCC3)cnc2C(C)(C)CC)C=CN1C(C)c1cccc(C)c1. The Bertz CT molecular complexity index is 1190. The standard InChI is InChI=1S/C33H43N3/c1-8-30(28-16-19-36(25(4)21-28)26(5)27-15-13-14-24(3)20-27)31-22-29(35-17-11-10-12-18-35)23-34-32(31)33(6,7)9-2/h8,13-16,19-23,26H,4,9-12,17-18H2,1-3,5-7H3/b30-8-. The number of nitrogens with zero attached hydrogens (tertiary/aromatic N) is 3. The number of anilines is 1. The number of piperidine rings is 1. The van der Waals surface area contributed by atoms with E-state index in [0.29, 0.717) is 0 Å². The number of benzene rings is 1. The molecule has 4 rings (SSSR count). The second-order valence-corrected chi connectivity index (χ2v) is 11.0. The Hall–Kier alpha value is -3.07. The van der Waals surface area contributed by atoms with Gasteiger partial charge in [-0.3, -0.25) is 4.98 Å². The van der Waals surface area contributed by atoms with Crippen molar-refractivity contribution in [3.05, 3.63) is 101 Å². The third-order valence-corrected chi connectivity index (χ3v) is 8.02. The first kappa shape index (κ1) is 26.0. The number of rotatable bonds is 7. The van der Waals surface area contributed by atoms with Gasteiger partial charge in [0.25, 0.3) is 0 Å². The highest BCUT2D eigenvalue weighted by Gasteiger charge is 2.27. The van der Waals surface area contributed by atoms with Crippen LogP contribution in [0.4, 0.5) is 5.69 Å². The van der Waals surface area contributed by atoms with Crippen LogP contribution in [0.15, 0.2) is 78.8 Å². The highest BCUT2D eigenvalue weighted by Crippen LogP contribution is 2.39. The van der Waals surface area contributed by atoms with Gasteiger partial charge in [-0.05, 0) is 81.4 Å². The number of hydrogen-bond donors (Lipinski definition) is 0. The smallest absolute Gasteiger partial charge is 0.0559 e. The molecule has 1 saturated heterocycles. The van der Waals surface area contributed by atoms with E-state index in [2.05, 4.69) is 119 Å². The predicted octanol–water partition coefficient (Wildman–Crippen LogP) is 8.50. The lowest BCUT2D eigenvalue weighted by atomic mass is 9.80. The average Bonchev–Trinajstić information content (AvgIpc) is 2.89. The number of aryl methyl sites for hydroxylation is 1. The van der Waals surface area contributed by atoms with Crippen molar-refractivity contribution >= 4 is 11.3 Å². The maximum Gasteiger partial charge on any atom is 0.0559 e. The number of pyridine rings is 1. The Balaban J connectivity index is 1.69. The van der Waals surface area contributed by atoms with Crippen LogP contribution in [0.5, 0.6) is 0 Å². The van der Waals surface area contributed by atoms with E-state index in [1.54, 1.807) is 0 Å². The van der Waals surface area contributed by atoms with Gasteiger partial charge in [0, 0.05) is 36.0 Å². The molecule has 0 saturated carbocycles. The molecule has 2 aromatic rings. The van der Waals surface area contributed by atoms with Crippen LogP contribution in [-0.2, 0) is 5.41 Å². The first-order valence-electron chi connectivity index (χ1n) is 13.6. The summed E-state index contributed by atoms with van der Waals surface area (Å²) in [5.41, 5.74) is 9.68. The third-order valence-electron chi connectivity index (χ3n) is 8.02. The Morgan fingerprint density at radius 1 is 1.17 bits per heavy atom. The molecule has 0 spiro atoms. The molecule has 1 aromatic heterocycles. The van der Waals surface area contributed by atoms with Gasteiger partial charge in [0.1, 0.15) is 0 Å². The molecule has 3 nitrogen and oxygen atoms in total. The Labute approximate surface area is 218 Å². The van der Waals surface area contributed by atoms with Gasteiger partial charge in [-0.1, -0.05) is 63.3 Å². The van der Waals surface area contributed by atoms with Crippen molar-refractivity contribution in [2.45, 2.75) is 78.7 Å². The molecule has 1 unspecified atom stereocenters. The molecule has 3 heterocycles. The molecule has 0 aliphatic carbocycles. The molecule has 190 valence electrons. The zero-order valence-corrected chi connectivity index (χ0v) is 23.1. The Kier molecular flexibility index (Phi) is 7.88. The van der Waals surface area contributed by atoms with Gasteiger partial charge >= 0.3 is 0 Å². The zero-order valence-electron chi connectivity index (χ0n) is 23.1. The topological polar surface area (TPSA) is 19.4 Å². The monoisotopic (exact) mass is 481 g/mol. The van der Waals surface area contributed by atoms with Crippen LogP contribution in [0.1, 0.15) is 88.7 Å². The summed E-state index contributed by atoms with van der Waals surface area (Å²) >= 11 is 0. The van der Waals surface area contributed by atoms with Crippen LogP contribution < -0.4 is 4.90 Å². The minimum atomic E-state index is -0.00824. The highest BCUT2D eigenvalue weighted by atomic mass is 15.1. The normalized spacial score (nSPS) is 17.9. The van der Waals surface area contributed by atoms with E-state index in [1.807, 2.05) is 0 Å². The van der Waals surface area contributed by atoms with E-state index in [9.17, 15) is 0 Å². The summed E-state index contributed by atoms with van der Waals surface area (Å²) in [5.74, 6) is 0. The van der Waals surface area contributed by atoms with E-state index in [-0.39, 0.29) is 11.5 Å². The average molecular weight is 482 g/mol. The molecule has 1 atom stereocenters. The third kappa shape index (κ3) is 5.36. The molecule has 0 bridgehead atoms. The van der Waals surface area contributed by atoms with Crippen molar-refractivity contribution in [2.75, 3.05) is 18.0 Å². The largest absolute Gasteiger partial charge is 0.370 e. The van der Waals surface area contributed by atoms with Crippen LogP contribution in [-0.4, -0.2) is 23.0 Å². The molecular formula is C33H43N3. The number of allylic oxidation sites excluding steroid dienone is 5. The summed E-state index contributed by atoms with van der Waals surface area (Å²) in [6.07, 6.45) is 15.9. The molecule has 1 fully saturated rings. The number of aromatic nitrogens is 1. The molecule has 3 heteroatoms. The minimum Gasteiger partial charge on any atom is -0.370 e. The van der Waals surface area contributed by atoms with Gasteiger partial charge in [0.05, 0.1) is 23.6 Å². The van der Waals surface area contributed by atoms with Crippen LogP contribution in [0.3, 0.4) is 0 Å². The Morgan fingerprint density at radius 2 is 1.92 bits per heavy atom. The summed E-state index contributed by atoms with van der Waals surface area (Å²) in [5, 5.41) is 0. The van der Waals surface area contributed by atoms with Crippen molar-refractivity contribution in [3.63, 3.8) is 0 Å². The fraction of sp³-hybridized carbons (Fsp3) is 0.424. The van der Waals surface area contributed by atoms with Crippen molar-refractivity contribution in [3.8, 4) is 0 Å². The molecule has 36 heavy (non-hydrogen) atoms. The Morgan fingerprint density at radius 3 is 2.56 bits per heavy atom. The van der Waals surface area contributed by atoms with E-state index >= 15 is 0 Å². The van der Waals surface area contributed by atoms with Gasteiger partial charge in [0.2, 0.25) is 0 Å². The van der Waals surface area contributed by atoms with E-state index in [4.69, 9.17) is 4.98 Å². The zero-order chi connectivity index (χ0) is 25.9. The van der Waals surface area contributed by atoms with Gasteiger partial charge < -0.3 is 9.80 Å². The summed E-state index contributed by atoms with van der Waals surface area (Å²) in [6, 6.07) is 11.4. The minimum absolute atomic E-state index is 0.00824. The van der Waals surface area contributed by atoms with Gasteiger partial charge in [-0.25, -0.2) is 0 Å². The summed E-state index contributed by atoms with van der Waals surface area (Å²) in [6.45, 7) is 20.1. The van der Waals surface area contributed by atoms with Crippen molar-refractivity contribution in [2.24, 2.45) is 0 Å². The summed E-state index contributed by atoms with van der Waals surface area (Å²) in [7, 11) is 0. The summed E-state index contributed by atoms with van der Waals surface area (Å²) in [4.78, 5) is 9.88. The van der Waals surface area contributed by atoms with Gasteiger partial charge in [-0.2, -0.15) is 0 Å². The fourth-order valence-electron chi connectivity index (χ4n) is 5.36. The second kappa shape index (κ2) is 10.9. The van der Waals surface area contributed by atoms with Gasteiger partial charge in [-0.15, -0.1) is 0 Å².